The minimum atomic E-state index is -0.154. The summed E-state index contributed by atoms with van der Waals surface area (Å²) < 4.78 is 10.6. The van der Waals surface area contributed by atoms with Gasteiger partial charge in [-0.05, 0) is 55.6 Å². The number of hydrogen-bond acceptors (Lipinski definition) is 5. The maximum Gasteiger partial charge on any atom is 0.237 e. The number of nitrogens with one attached hydrogen (secondary N) is 1. The van der Waals surface area contributed by atoms with Gasteiger partial charge in [-0.1, -0.05) is 30.3 Å². The van der Waals surface area contributed by atoms with Gasteiger partial charge in [0, 0.05) is 32.7 Å². The predicted molar refractivity (Wildman–Crippen MR) is 124 cm³/mol. The summed E-state index contributed by atoms with van der Waals surface area (Å²) in [5.74, 6) is 1.41. The van der Waals surface area contributed by atoms with E-state index in [1.807, 2.05) is 25.1 Å². The van der Waals surface area contributed by atoms with Crippen LogP contribution in [0.25, 0.3) is 0 Å². The van der Waals surface area contributed by atoms with Gasteiger partial charge in [0.25, 0.3) is 0 Å². The zero-order valence-electron chi connectivity index (χ0n) is 19.2. The lowest BCUT2D eigenvalue weighted by atomic mass is 10.1. The van der Waals surface area contributed by atoms with E-state index < -0.39 is 0 Å². The number of amides is 1. The number of ether oxygens (including phenoxy) is 2. The van der Waals surface area contributed by atoms with Crippen molar-refractivity contribution < 1.29 is 14.3 Å². The molecule has 6 heteroatoms. The van der Waals surface area contributed by atoms with Crippen LogP contribution in [0.2, 0.25) is 0 Å². The van der Waals surface area contributed by atoms with Gasteiger partial charge in [0.2, 0.25) is 5.91 Å². The van der Waals surface area contributed by atoms with Gasteiger partial charge in [-0.25, -0.2) is 0 Å². The Morgan fingerprint density at radius 1 is 1.03 bits per heavy atom. The third-order valence-corrected chi connectivity index (χ3v) is 6.12. The molecule has 0 aliphatic carbocycles. The first-order valence-corrected chi connectivity index (χ1v) is 11.0. The van der Waals surface area contributed by atoms with E-state index in [4.69, 9.17) is 9.47 Å². The molecular formula is C25H35N3O3. The van der Waals surface area contributed by atoms with Crippen molar-refractivity contribution >= 4 is 5.91 Å². The van der Waals surface area contributed by atoms with E-state index in [2.05, 4.69) is 46.3 Å². The Labute approximate surface area is 186 Å². The Hall–Kier alpha value is -2.57. The van der Waals surface area contributed by atoms with Crippen LogP contribution in [0.4, 0.5) is 0 Å². The molecule has 1 amide bonds. The average molecular weight is 426 g/mol. The fourth-order valence-corrected chi connectivity index (χ4v) is 4.06. The minimum absolute atomic E-state index is 0.0575. The highest BCUT2D eigenvalue weighted by atomic mass is 16.5. The molecule has 1 unspecified atom stereocenters. The molecule has 1 N–H and O–H groups in total. The number of methoxy groups -OCH3 is 2. The number of aryl methyl sites for hydroxylation is 1. The van der Waals surface area contributed by atoms with Gasteiger partial charge < -0.3 is 14.8 Å². The molecule has 1 aliphatic rings. The summed E-state index contributed by atoms with van der Waals surface area (Å²) in [5.41, 5.74) is 3.71. The van der Waals surface area contributed by atoms with E-state index in [9.17, 15) is 4.79 Å². The highest BCUT2D eigenvalue weighted by Crippen LogP contribution is 2.27. The number of carbonyl (C=O) groups is 1. The van der Waals surface area contributed by atoms with Gasteiger partial charge >= 0.3 is 0 Å². The molecule has 0 bridgehead atoms. The van der Waals surface area contributed by atoms with E-state index in [0.29, 0.717) is 18.0 Å². The molecule has 1 fully saturated rings. The van der Waals surface area contributed by atoms with Crippen LogP contribution in [-0.4, -0.2) is 62.1 Å². The lowest BCUT2D eigenvalue weighted by molar-refractivity contribution is -0.126. The van der Waals surface area contributed by atoms with Crippen LogP contribution in [0.15, 0.2) is 42.5 Å². The molecule has 6 nitrogen and oxygen atoms in total. The van der Waals surface area contributed by atoms with Gasteiger partial charge in [0.15, 0.2) is 11.5 Å². The molecule has 31 heavy (non-hydrogen) atoms. The van der Waals surface area contributed by atoms with Crippen LogP contribution >= 0.6 is 0 Å². The molecule has 1 aliphatic heterocycles. The molecule has 168 valence electrons. The van der Waals surface area contributed by atoms with Crippen molar-refractivity contribution in [1.82, 2.24) is 15.1 Å². The van der Waals surface area contributed by atoms with Gasteiger partial charge in [0.1, 0.15) is 0 Å². The lowest BCUT2D eigenvalue weighted by Gasteiger charge is -2.27. The topological polar surface area (TPSA) is 54.0 Å². The van der Waals surface area contributed by atoms with Crippen molar-refractivity contribution in [3.8, 4) is 11.5 Å². The molecule has 2 aromatic rings. The number of rotatable bonds is 8. The fraction of sp³-hybridized carbons (Fsp3) is 0.480. The van der Waals surface area contributed by atoms with E-state index in [1.165, 1.54) is 11.1 Å². The number of nitrogens with zero attached hydrogens (tertiary/aromatic N) is 2. The fourth-order valence-electron chi connectivity index (χ4n) is 4.06. The normalized spacial score (nSPS) is 16.4. The summed E-state index contributed by atoms with van der Waals surface area (Å²) in [6.45, 7) is 9.49. The van der Waals surface area contributed by atoms with Gasteiger partial charge in [-0.3, -0.25) is 14.6 Å². The molecule has 2 aromatic carbocycles. The number of hydrogen-bond donors (Lipinski definition) is 1. The van der Waals surface area contributed by atoms with Crippen LogP contribution in [0.1, 0.15) is 30.0 Å². The zero-order chi connectivity index (χ0) is 22.2. The largest absolute Gasteiger partial charge is 0.493 e. The zero-order valence-corrected chi connectivity index (χ0v) is 19.2. The Bertz CT molecular complexity index is 871. The molecule has 0 radical (unpaired) electrons. The summed E-state index contributed by atoms with van der Waals surface area (Å²) in [4.78, 5) is 17.6. The Morgan fingerprint density at radius 2 is 1.81 bits per heavy atom. The van der Waals surface area contributed by atoms with E-state index in [1.54, 1.807) is 14.2 Å². The Morgan fingerprint density at radius 3 is 2.55 bits per heavy atom. The minimum Gasteiger partial charge on any atom is -0.493 e. The summed E-state index contributed by atoms with van der Waals surface area (Å²) in [5, 5.41) is 3.07. The maximum atomic E-state index is 12.8. The predicted octanol–water partition coefficient (Wildman–Crippen LogP) is 3.22. The van der Waals surface area contributed by atoms with Crippen LogP contribution in [0, 0.1) is 6.92 Å². The first-order valence-electron chi connectivity index (χ1n) is 11.0. The van der Waals surface area contributed by atoms with Crippen LogP contribution in [-0.2, 0) is 17.9 Å². The maximum absolute atomic E-state index is 12.8. The average Bonchev–Trinajstić information content (AvgIpc) is 3.03. The second-order valence-corrected chi connectivity index (χ2v) is 8.18. The quantitative estimate of drug-likeness (QED) is 0.704. The third kappa shape index (κ3) is 6.21. The first kappa shape index (κ1) is 23.1. The highest BCUT2D eigenvalue weighted by Gasteiger charge is 2.24. The summed E-state index contributed by atoms with van der Waals surface area (Å²) in [7, 11) is 3.23. The van der Waals surface area contributed by atoms with E-state index >= 15 is 0 Å². The molecule has 0 saturated carbocycles. The summed E-state index contributed by atoms with van der Waals surface area (Å²) >= 11 is 0. The van der Waals surface area contributed by atoms with E-state index in [0.717, 1.165) is 44.7 Å². The molecular weight excluding hydrogens is 390 g/mol. The molecule has 1 atom stereocenters. The van der Waals surface area contributed by atoms with Crippen LogP contribution in [0.5, 0.6) is 11.5 Å². The van der Waals surface area contributed by atoms with Crippen LogP contribution < -0.4 is 14.8 Å². The molecule has 1 saturated heterocycles. The number of carbonyl (C=O) groups excluding carboxylic acids is 1. The monoisotopic (exact) mass is 425 g/mol. The molecule has 3 rings (SSSR count). The van der Waals surface area contributed by atoms with Gasteiger partial charge in [-0.15, -0.1) is 0 Å². The van der Waals surface area contributed by atoms with Crippen molar-refractivity contribution in [2.24, 2.45) is 0 Å². The SMILES string of the molecule is COc1ccc(CNC(=O)C(C)N2CCCN(Cc3ccccc3C)CC2)cc1OC. The van der Waals surface area contributed by atoms with Crippen molar-refractivity contribution in [3.63, 3.8) is 0 Å². The Kier molecular flexibility index (Phi) is 8.32. The first-order chi connectivity index (χ1) is 15.0. The van der Waals surface area contributed by atoms with Crippen molar-refractivity contribution in [2.75, 3.05) is 40.4 Å². The van der Waals surface area contributed by atoms with Crippen molar-refractivity contribution in [3.05, 3.63) is 59.2 Å². The lowest BCUT2D eigenvalue weighted by Crippen LogP contribution is -2.46. The smallest absolute Gasteiger partial charge is 0.237 e. The van der Waals surface area contributed by atoms with E-state index in [-0.39, 0.29) is 11.9 Å². The molecule has 0 aromatic heterocycles. The highest BCUT2D eigenvalue weighted by molar-refractivity contribution is 5.81. The van der Waals surface area contributed by atoms with Crippen molar-refractivity contribution in [1.29, 1.82) is 0 Å². The number of benzene rings is 2. The molecule has 0 spiro atoms. The summed E-state index contributed by atoms with van der Waals surface area (Å²) in [6, 6.07) is 14.1. The second kappa shape index (κ2) is 11.2. The molecule has 1 heterocycles. The Balaban J connectivity index is 1.51. The van der Waals surface area contributed by atoms with Gasteiger partial charge in [-0.2, -0.15) is 0 Å². The summed E-state index contributed by atoms with van der Waals surface area (Å²) in [6.07, 6.45) is 1.07. The van der Waals surface area contributed by atoms with Crippen LogP contribution in [0.3, 0.4) is 0 Å². The second-order valence-electron chi connectivity index (χ2n) is 8.18. The van der Waals surface area contributed by atoms with Crippen molar-refractivity contribution in [2.45, 2.75) is 39.4 Å². The standard InChI is InChI=1S/C25H35N3O3/c1-19-8-5-6-9-22(19)18-27-12-7-13-28(15-14-27)20(2)25(29)26-17-21-10-11-23(30-3)24(16-21)31-4/h5-6,8-11,16,20H,7,12-15,17-18H2,1-4H3,(H,26,29). The third-order valence-electron chi connectivity index (χ3n) is 6.12. The van der Waals surface area contributed by atoms with Gasteiger partial charge in [0.05, 0.1) is 20.3 Å².